The van der Waals surface area contributed by atoms with Gasteiger partial charge in [-0.05, 0) is 5.56 Å². The second-order valence-corrected chi connectivity index (χ2v) is 3.66. The minimum Gasteiger partial charge on any atom is -0.364 e. The SMILES string of the molecule is [Cl][Cu].c1ccc(CNc2ncnc3nc[nH]c23)cc1. The maximum Gasteiger partial charge on any atom is 0.182 e. The maximum atomic E-state index is 4.20. The number of hydrogen-bond acceptors (Lipinski definition) is 4. The van der Waals surface area contributed by atoms with Crippen molar-refractivity contribution in [2.24, 2.45) is 0 Å². The number of nitrogens with zero attached hydrogens (tertiary/aromatic N) is 3. The molecule has 102 valence electrons. The van der Waals surface area contributed by atoms with E-state index in [1.807, 2.05) is 18.2 Å². The molecule has 5 nitrogen and oxygen atoms in total. The van der Waals surface area contributed by atoms with Crippen molar-refractivity contribution in [2.75, 3.05) is 5.32 Å². The number of rotatable bonds is 3. The Labute approximate surface area is 122 Å². The summed E-state index contributed by atoms with van der Waals surface area (Å²) in [6, 6.07) is 10.2. The molecule has 0 aliphatic heterocycles. The molecule has 19 heavy (non-hydrogen) atoms. The molecule has 0 fully saturated rings. The van der Waals surface area contributed by atoms with E-state index in [2.05, 4.69) is 62.6 Å². The summed E-state index contributed by atoms with van der Waals surface area (Å²) in [5.74, 6) is 0.774. The molecule has 3 rings (SSSR count). The van der Waals surface area contributed by atoms with Crippen LogP contribution in [0.3, 0.4) is 0 Å². The summed E-state index contributed by atoms with van der Waals surface area (Å²) >= 11 is 3.66. The average Bonchev–Trinajstić information content (AvgIpc) is 2.97. The Balaban J connectivity index is 0.000000637. The third-order valence-electron chi connectivity index (χ3n) is 2.53. The van der Waals surface area contributed by atoms with E-state index in [0.29, 0.717) is 5.65 Å². The number of H-pyrrole nitrogens is 1. The van der Waals surface area contributed by atoms with Crippen LogP contribution in [0.2, 0.25) is 0 Å². The van der Waals surface area contributed by atoms with Gasteiger partial charge in [0.1, 0.15) is 11.8 Å². The summed E-state index contributed by atoms with van der Waals surface area (Å²) in [6.07, 6.45) is 3.13. The molecule has 2 aromatic heterocycles. The van der Waals surface area contributed by atoms with Gasteiger partial charge in [0.05, 0.1) is 6.33 Å². The van der Waals surface area contributed by atoms with Crippen LogP contribution in [0.4, 0.5) is 5.82 Å². The first-order valence-corrected chi connectivity index (χ1v) is 6.76. The van der Waals surface area contributed by atoms with Gasteiger partial charge in [0.2, 0.25) is 0 Å². The Hall–Kier alpha value is -1.62. The zero-order valence-electron chi connectivity index (χ0n) is 9.77. The van der Waals surface area contributed by atoms with Crippen molar-refractivity contribution < 1.29 is 15.1 Å². The van der Waals surface area contributed by atoms with Crippen LogP contribution in [0.25, 0.3) is 11.2 Å². The summed E-state index contributed by atoms with van der Waals surface area (Å²) in [6.45, 7) is 0.728. The fourth-order valence-corrected chi connectivity index (χ4v) is 1.68. The van der Waals surface area contributed by atoms with Gasteiger partial charge in [-0.1, -0.05) is 30.3 Å². The molecule has 0 radical (unpaired) electrons. The number of imidazole rings is 1. The van der Waals surface area contributed by atoms with Crippen molar-refractivity contribution in [1.82, 2.24) is 19.9 Å². The predicted octanol–water partition coefficient (Wildman–Crippen LogP) is 2.65. The number of hydrogen-bond donors (Lipinski definition) is 2. The first-order chi connectivity index (χ1) is 9.43. The van der Waals surface area contributed by atoms with Gasteiger partial charge < -0.3 is 10.3 Å². The molecule has 7 heteroatoms. The first kappa shape index (κ1) is 13.8. The van der Waals surface area contributed by atoms with Crippen LogP contribution in [0, 0.1) is 0 Å². The maximum absolute atomic E-state index is 4.20. The molecule has 0 spiro atoms. The molecule has 0 saturated heterocycles. The molecule has 0 atom stereocenters. The van der Waals surface area contributed by atoms with Gasteiger partial charge in [0.25, 0.3) is 0 Å². The molecule has 3 aromatic rings. The molecule has 0 aliphatic rings. The van der Waals surface area contributed by atoms with Crippen molar-refractivity contribution in [2.45, 2.75) is 6.54 Å². The summed E-state index contributed by atoms with van der Waals surface area (Å²) in [5.41, 5.74) is 2.72. The van der Waals surface area contributed by atoms with Gasteiger partial charge in [0, 0.05) is 6.54 Å². The van der Waals surface area contributed by atoms with Crippen LogP contribution in [0.1, 0.15) is 5.56 Å². The van der Waals surface area contributed by atoms with Gasteiger partial charge >= 0.3 is 25.2 Å². The Kier molecular flexibility index (Phi) is 5.15. The quantitative estimate of drug-likeness (QED) is 0.727. The molecule has 1 aromatic carbocycles. The smallest absolute Gasteiger partial charge is 0.182 e. The fourth-order valence-electron chi connectivity index (χ4n) is 1.68. The predicted molar refractivity (Wildman–Crippen MR) is 71.3 cm³/mol. The number of benzene rings is 1. The van der Waals surface area contributed by atoms with Gasteiger partial charge in [-0.15, -0.1) is 0 Å². The van der Waals surface area contributed by atoms with E-state index in [9.17, 15) is 0 Å². The number of halogens is 1. The third-order valence-corrected chi connectivity index (χ3v) is 2.53. The molecular weight excluding hydrogens is 313 g/mol. The first-order valence-electron chi connectivity index (χ1n) is 5.47. The summed E-state index contributed by atoms with van der Waals surface area (Å²) in [5, 5.41) is 3.27. The number of nitrogens with one attached hydrogen (secondary N) is 2. The van der Waals surface area contributed by atoms with Crippen LogP contribution >= 0.6 is 10.1 Å². The number of anilines is 1. The second-order valence-electron chi connectivity index (χ2n) is 3.66. The number of fused-ring (bicyclic) bond motifs is 1. The van der Waals surface area contributed by atoms with E-state index in [1.165, 1.54) is 11.9 Å². The topological polar surface area (TPSA) is 66.5 Å². The second kappa shape index (κ2) is 7.09. The number of aromatic amines is 1. The molecule has 0 unspecified atom stereocenters. The Bertz CT molecular complexity index is 628. The molecule has 0 bridgehead atoms. The normalized spacial score (nSPS) is 9.84. The van der Waals surface area contributed by atoms with E-state index >= 15 is 0 Å². The molecule has 0 amide bonds. The summed E-state index contributed by atoms with van der Waals surface area (Å²) in [7, 11) is 4.20. The molecule has 2 N–H and O–H groups in total. The van der Waals surface area contributed by atoms with E-state index in [1.54, 1.807) is 6.33 Å². The van der Waals surface area contributed by atoms with E-state index in [4.69, 9.17) is 0 Å². The molecular formula is C12H11ClCuN5. The van der Waals surface area contributed by atoms with Crippen molar-refractivity contribution in [3.8, 4) is 0 Å². The van der Waals surface area contributed by atoms with E-state index in [-0.39, 0.29) is 0 Å². The van der Waals surface area contributed by atoms with Gasteiger partial charge in [-0.3, -0.25) is 0 Å². The van der Waals surface area contributed by atoms with Crippen LogP contribution in [0.5, 0.6) is 0 Å². The van der Waals surface area contributed by atoms with Crippen LogP contribution in [-0.2, 0) is 21.6 Å². The van der Waals surface area contributed by atoms with Gasteiger partial charge in [0.15, 0.2) is 11.5 Å². The molecule has 2 heterocycles. The largest absolute Gasteiger partial charge is 0.364 e. The zero-order valence-corrected chi connectivity index (χ0v) is 11.5. The van der Waals surface area contributed by atoms with E-state index in [0.717, 1.165) is 17.9 Å². The number of aromatic nitrogens is 4. The average molecular weight is 324 g/mol. The Morgan fingerprint density at radius 3 is 2.68 bits per heavy atom. The van der Waals surface area contributed by atoms with Gasteiger partial charge in [-0.2, -0.15) is 0 Å². The van der Waals surface area contributed by atoms with Crippen molar-refractivity contribution >= 4 is 27.1 Å². The zero-order chi connectivity index (χ0) is 13.5. The summed E-state index contributed by atoms with van der Waals surface area (Å²) < 4.78 is 0. The van der Waals surface area contributed by atoms with Crippen molar-refractivity contribution in [3.05, 3.63) is 48.5 Å². The van der Waals surface area contributed by atoms with Crippen LogP contribution in [0.15, 0.2) is 43.0 Å². The van der Waals surface area contributed by atoms with Crippen LogP contribution < -0.4 is 5.32 Å². The minimum absolute atomic E-state index is 0.676. The van der Waals surface area contributed by atoms with Crippen molar-refractivity contribution in [1.29, 1.82) is 0 Å². The van der Waals surface area contributed by atoms with E-state index < -0.39 is 0 Å². The molecule has 0 aliphatic carbocycles. The van der Waals surface area contributed by atoms with Gasteiger partial charge in [-0.25, -0.2) is 15.0 Å². The minimum atomic E-state index is 0.676. The fraction of sp³-hybridized carbons (Fsp3) is 0.0833. The third kappa shape index (κ3) is 3.44. The Morgan fingerprint density at radius 1 is 1.11 bits per heavy atom. The summed E-state index contributed by atoms with van der Waals surface area (Å²) in [4.78, 5) is 15.4. The molecule has 0 saturated carbocycles. The van der Waals surface area contributed by atoms with Crippen molar-refractivity contribution in [3.63, 3.8) is 0 Å². The Morgan fingerprint density at radius 2 is 1.89 bits per heavy atom. The van der Waals surface area contributed by atoms with Crippen LogP contribution in [-0.4, -0.2) is 19.9 Å². The monoisotopic (exact) mass is 323 g/mol. The standard InChI is InChI=1S/C12H11N5.ClH.Cu/c1-2-4-9(5-3-1)6-13-11-10-12(15-7-14-10)17-8-16-11;;/h1-5,7-8H,6H2,(H2,13,14,15,16,17);1H;/q;;+1/p-1.